The Balaban J connectivity index is 1.58. The molecule has 6 heteroatoms. The van der Waals surface area contributed by atoms with Crippen molar-refractivity contribution in [3.8, 4) is 0 Å². The molecular weight excluding hydrogens is 308 g/mol. The van der Waals surface area contributed by atoms with Gasteiger partial charge in [-0.2, -0.15) is 0 Å². The highest BCUT2D eigenvalue weighted by Crippen LogP contribution is 2.22. The third-order valence-electron chi connectivity index (χ3n) is 3.67. The van der Waals surface area contributed by atoms with Gasteiger partial charge in [-0.3, -0.25) is 9.78 Å². The number of nitrogens with zero attached hydrogens (tertiary/aromatic N) is 2. The minimum atomic E-state index is 0.198. The Labute approximate surface area is 140 Å². The molecule has 1 fully saturated rings. The minimum Gasteiger partial charge on any atom is -0.358 e. The van der Waals surface area contributed by atoms with Crippen molar-refractivity contribution in [1.82, 2.24) is 10.3 Å². The average Bonchev–Trinajstić information content (AvgIpc) is 3.00. The number of nitrogens with one attached hydrogen (secondary N) is 2. The number of carbonyl (C=O) groups is 1. The van der Waals surface area contributed by atoms with E-state index < -0.39 is 0 Å². The van der Waals surface area contributed by atoms with Gasteiger partial charge in [-0.25, -0.2) is 0 Å². The van der Waals surface area contributed by atoms with Crippen molar-refractivity contribution in [2.75, 3.05) is 16.8 Å². The van der Waals surface area contributed by atoms with Gasteiger partial charge in [0.05, 0.1) is 11.9 Å². The van der Waals surface area contributed by atoms with Crippen LogP contribution in [-0.4, -0.2) is 22.5 Å². The zero-order valence-electron chi connectivity index (χ0n) is 12.7. The van der Waals surface area contributed by atoms with Crippen molar-refractivity contribution in [3.63, 3.8) is 0 Å². The number of aromatic nitrogens is 1. The van der Waals surface area contributed by atoms with E-state index in [1.165, 1.54) is 0 Å². The second kappa shape index (κ2) is 7.19. The van der Waals surface area contributed by atoms with E-state index in [9.17, 15) is 4.79 Å². The smallest absolute Gasteiger partial charge is 0.227 e. The lowest BCUT2D eigenvalue weighted by Gasteiger charge is -2.17. The van der Waals surface area contributed by atoms with Gasteiger partial charge in [0.25, 0.3) is 0 Å². The summed E-state index contributed by atoms with van der Waals surface area (Å²) in [6.45, 7) is 1.40. The number of pyridine rings is 1. The van der Waals surface area contributed by atoms with Crippen LogP contribution in [0.15, 0.2) is 48.8 Å². The molecule has 1 amide bonds. The molecule has 1 saturated heterocycles. The first-order valence-corrected chi connectivity index (χ1v) is 7.97. The van der Waals surface area contributed by atoms with Crippen LogP contribution in [0.2, 0.25) is 0 Å². The standard InChI is InChI=1S/C17H18N4OS/c22-16-7-3-9-21(16)15-6-1-4-13(10-15)11-19-17(23)20-14-5-2-8-18-12-14/h1-2,4-6,8,10,12H,3,7,9,11H2,(H2,19,20,23). The van der Waals surface area contributed by atoms with Crippen molar-refractivity contribution >= 4 is 34.6 Å². The molecule has 0 radical (unpaired) electrons. The predicted octanol–water partition coefficient (Wildman–Crippen LogP) is 2.70. The van der Waals surface area contributed by atoms with E-state index in [2.05, 4.69) is 15.6 Å². The zero-order valence-corrected chi connectivity index (χ0v) is 13.5. The Bertz CT molecular complexity index is 705. The average molecular weight is 326 g/mol. The number of carbonyl (C=O) groups excluding carboxylic acids is 1. The molecule has 0 spiro atoms. The Morgan fingerprint density at radius 3 is 2.96 bits per heavy atom. The van der Waals surface area contributed by atoms with Crippen molar-refractivity contribution in [3.05, 3.63) is 54.4 Å². The molecule has 118 valence electrons. The quantitative estimate of drug-likeness (QED) is 0.846. The van der Waals surface area contributed by atoms with Gasteiger partial charge in [0.1, 0.15) is 0 Å². The molecule has 1 aromatic carbocycles. The lowest BCUT2D eigenvalue weighted by atomic mass is 10.2. The lowest BCUT2D eigenvalue weighted by Crippen LogP contribution is -2.28. The molecule has 1 aromatic heterocycles. The molecule has 1 aliphatic heterocycles. The maximum atomic E-state index is 11.8. The van der Waals surface area contributed by atoms with E-state index in [4.69, 9.17) is 12.2 Å². The number of thiocarbonyl (C=S) groups is 1. The maximum absolute atomic E-state index is 11.8. The highest BCUT2D eigenvalue weighted by Gasteiger charge is 2.21. The molecule has 5 nitrogen and oxygen atoms in total. The van der Waals surface area contributed by atoms with Crippen LogP contribution in [0.1, 0.15) is 18.4 Å². The van der Waals surface area contributed by atoms with Crippen LogP contribution in [0.3, 0.4) is 0 Å². The molecular formula is C17H18N4OS. The van der Waals surface area contributed by atoms with Gasteiger partial charge in [0.2, 0.25) is 5.91 Å². The van der Waals surface area contributed by atoms with Crippen LogP contribution in [0.5, 0.6) is 0 Å². The number of hydrogen-bond acceptors (Lipinski definition) is 3. The molecule has 2 N–H and O–H groups in total. The van der Waals surface area contributed by atoms with Crippen LogP contribution < -0.4 is 15.5 Å². The molecule has 0 saturated carbocycles. The van der Waals surface area contributed by atoms with Crippen LogP contribution in [0, 0.1) is 0 Å². The van der Waals surface area contributed by atoms with Gasteiger partial charge in [-0.05, 0) is 48.5 Å². The monoisotopic (exact) mass is 326 g/mol. The van der Waals surface area contributed by atoms with Crippen LogP contribution in [0.25, 0.3) is 0 Å². The molecule has 0 aliphatic carbocycles. The summed E-state index contributed by atoms with van der Waals surface area (Å²) in [5.74, 6) is 0.198. The minimum absolute atomic E-state index is 0.198. The summed E-state index contributed by atoms with van der Waals surface area (Å²) in [5.41, 5.74) is 2.89. The SMILES string of the molecule is O=C1CCCN1c1cccc(CNC(=S)Nc2cccnc2)c1. The fourth-order valence-electron chi connectivity index (χ4n) is 2.55. The Kier molecular flexibility index (Phi) is 4.83. The highest BCUT2D eigenvalue weighted by molar-refractivity contribution is 7.80. The maximum Gasteiger partial charge on any atom is 0.227 e. The van der Waals surface area contributed by atoms with Crippen molar-refractivity contribution < 1.29 is 4.79 Å². The van der Waals surface area contributed by atoms with Crippen molar-refractivity contribution in [2.24, 2.45) is 0 Å². The lowest BCUT2D eigenvalue weighted by molar-refractivity contribution is -0.117. The fourth-order valence-corrected chi connectivity index (χ4v) is 2.74. The number of hydrogen-bond donors (Lipinski definition) is 2. The molecule has 2 aromatic rings. The van der Waals surface area contributed by atoms with Gasteiger partial charge in [-0.1, -0.05) is 12.1 Å². The Morgan fingerprint density at radius 2 is 2.22 bits per heavy atom. The summed E-state index contributed by atoms with van der Waals surface area (Å²) >= 11 is 5.28. The normalized spacial score (nSPS) is 13.9. The summed E-state index contributed by atoms with van der Waals surface area (Å²) in [6, 6.07) is 11.7. The van der Waals surface area contributed by atoms with E-state index in [-0.39, 0.29) is 5.91 Å². The number of rotatable bonds is 4. The molecule has 1 aliphatic rings. The Morgan fingerprint density at radius 1 is 1.30 bits per heavy atom. The first-order chi connectivity index (χ1) is 11.2. The second-order valence-electron chi connectivity index (χ2n) is 5.37. The van der Waals surface area contributed by atoms with E-state index >= 15 is 0 Å². The first-order valence-electron chi connectivity index (χ1n) is 7.56. The molecule has 0 atom stereocenters. The van der Waals surface area contributed by atoms with Crippen molar-refractivity contribution in [1.29, 1.82) is 0 Å². The van der Waals surface area contributed by atoms with E-state index in [0.717, 1.165) is 29.9 Å². The topological polar surface area (TPSA) is 57.3 Å². The van der Waals surface area contributed by atoms with Gasteiger partial charge in [-0.15, -0.1) is 0 Å². The second-order valence-corrected chi connectivity index (χ2v) is 5.78. The van der Waals surface area contributed by atoms with Gasteiger partial charge in [0.15, 0.2) is 5.11 Å². The molecule has 3 rings (SSSR count). The van der Waals surface area contributed by atoms with Crippen molar-refractivity contribution in [2.45, 2.75) is 19.4 Å². The Hall–Kier alpha value is -2.47. The number of benzene rings is 1. The summed E-state index contributed by atoms with van der Waals surface area (Å²) < 4.78 is 0. The van der Waals surface area contributed by atoms with Gasteiger partial charge >= 0.3 is 0 Å². The molecule has 0 unspecified atom stereocenters. The van der Waals surface area contributed by atoms with E-state index in [1.54, 1.807) is 12.4 Å². The fraction of sp³-hybridized carbons (Fsp3) is 0.235. The number of amides is 1. The molecule has 2 heterocycles. The van der Waals surface area contributed by atoms with Crippen LogP contribution >= 0.6 is 12.2 Å². The van der Waals surface area contributed by atoms with Crippen LogP contribution in [0.4, 0.5) is 11.4 Å². The molecule has 23 heavy (non-hydrogen) atoms. The number of anilines is 2. The summed E-state index contributed by atoms with van der Waals surface area (Å²) in [5, 5.41) is 6.79. The summed E-state index contributed by atoms with van der Waals surface area (Å²) in [7, 11) is 0. The zero-order chi connectivity index (χ0) is 16.1. The summed E-state index contributed by atoms with van der Waals surface area (Å²) in [6.07, 6.45) is 5.00. The van der Waals surface area contributed by atoms with E-state index in [1.807, 2.05) is 41.3 Å². The first kappa shape index (κ1) is 15.4. The summed E-state index contributed by atoms with van der Waals surface area (Å²) in [4.78, 5) is 17.7. The highest BCUT2D eigenvalue weighted by atomic mass is 32.1. The predicted molar refractivity (Wildman–Crippen MR) is 95.3 cm³/mol. The van der Waals surface area contributed by atoms with Gasteiger partial charge < -0.3 is 15.5 Å². The largest absolute Gasteiger partial charge is 0.358 e. The van der Waals surface area contributed by atoms with E-state index in [0.29, 0.717) is 18.1 Å². The third kappa shape index (κ3) is 4.04. The third-order valence-corrected chi connectivity index (χ3v) is 3.91. The van der Waals surface area contributed by atoms with Crippen LogP contribution in [-0.2, 0) is 11.3 Å². The molecule has 0 bridgehead atoms. The van der Waals surface area contributed by atoms with Gasteiger partial charge in [0, 0.05) is 31.4 Å².